The first-order chi connectivity index (χ1) is 13.3. The van der Waals surface area contributed by atoms with E-state index in [1.165, 1.54) is 6.92 Å². The molecule has 0 unspecified atom stereocenters. The van der Waals surface area contributed by atoms with Crippen LogP contribution in [0.5, 0.6) is 0 Å². The van der Waals surface area contributed by atoms with E-state index in [2.05, 4.69) is 10.4 Å². The zero-order valence-corrected chi connectivity index (χ0v) is 15.4. The summed E-state index contributed by atoms with van der Waals surface area (Å²) in [6.45, 7) is 2.34. The van der Waals surface area contributed by atoms with Gasteiger partial charge in [0.25, 0.3) is 0 Å². The predicted octanol–water partition coefficient (Wildman–Crippen LogP) is 1.34. The van der Waals surface area contributed by atoms with Gasteiger partial charge < -0.3 is 20.8 Å². The van der Waals surface area contributed by atoms with Gasteiger partial charge in [-0.15, -0.1) is 0 Å². The molecule has 1 aromatic rings. The largest absolute Gasteiger partial charge is 0.442 e. The molecule has 10 heteroatoms. The molecular weight excluding hydrogens is 372 g/mol. The van der Waals surface area contributed by atoms with Crippen LogP contribution in [-0.4, -0.2) is 50.0 Å². The molecule has 0 radical (unpaired) electrons. The lowest BCUT2D eigenvalue weighted by molar-refractivity contribution is -0.119. The van der Waals surface area contributed by atoms with Gasteiger partial charge in [-0.25, -0.2) is 13.6 Å². The molecule has 0 aromatic heterocycles. The Kier molecular flexibility index (Phi) is 4.35. The van der Waals surface area contributed by atoms with Crippen LogP contribution in [-0.2, 0) is 9.53 Å². The molecule has 3 N–H and O–H groups in total. The molecule has 2 amide bonds. The van der Waals surface area contributed by atoms with Crippen molar-refractivity contribution in [2.24, 2.45) is 16.4 Å². The summed E-state index contributed by atoms with van der Waals surface area (Å²) >= 11 is 0. The summed E-state index contributed by atoms with van der Waals surface area (Å²) < 4.78 is 34.8. The molecule has 1 aromatic carbocycles. The number of carbonyl (C=O) groups is 2. The molecule has 4 rings (SSSR count). The monoisotopic (exact) mass is 393 g/mol. The number of amides is 2. The van der Waals surface area contributed by atoms with Crippen LogP contribution in [0.3, 0.4) is 0 Å². The van der Waals surface area contributed by atoms with E-state index < -0.39 is 23.8 Å². The summed E-state index contributed by atoms with van der Waals surface area (Å²) in [5.41, 5.74) is 0.541. The lowest BCUT2D eigenvalue weighted by atomic mass is 10.1. The minimum Gasteiger partial charge on any atom is -0.442 e. The van der Waals surface area contributed by atoms with Gasteiger partial charge in [-0.05, 0) is 12.8 Å². The summed E-state index contributed by atoms with van der Waals surface area (Å²) in [5.74, 6) is 3.66. The SMILES string of the molecule is CC(=O)NC[C@H]1CN(c2cc(F)c(N3CC(=NN)C4(CC4)C3)c(F)c2)C(=O)O1. The van der Waals surface area contributed by atoms with Gasteiger partial charge in [0.1, 0.15) is 11.8 Å². The van der Waals surface area contributed by atoms with Gasteiger partial charge in [-0.3, -0.25) is 9.69 Å². The molecule has 150 valence electrons. The Bertz CT molecular complexity index is 848. The maximum atomic E-state index is 14.8. The van der Waals surface area contributed by atoms with Crippen molar-refractivity contribution in [3.63, 3.8) is 0 Å². The maximum absolute atomic E-state index is 14.8. The highest BCUT2D eigenvalue weighted by molar-refractivity contribution is 5.99. The average molecular weight is 393 g/mol. The van der Waals surface area contributed by atoms with E-state index in [-0.39, 0.29) is 42.3 Å². The molecule has 3 fully saturated rings. The van der Waals surface area contributed by atoms with Gasteiger partial charge in [0.15, 0.2) is 11.6 Å². The Morgan fingerprint density at radius 1 is 1.39 bits per heavy atom. The van der Waals surface area contributed by atoms with Gasteiger partial charge in [0.2, 0.25) is 5.91 Å². The fourth-order valence-electron chi connectivity index (χ4n) is 3.90. The van der Waals surface area contributed by atoms with E-state index in [1.54, 1.807) is 4.90 Å². The molecule has 1 aliphatic carbocycles. The number of hydrogen-bond acceptors (Lipinski definition) is 6. The minimum absolute atomic E-state index is 0.0714. The standard InChI is InChI=1S/C18H21F2N5O3/c1-10(26)22-6-12-7-25(17(27)28-12)11-4-13(19)16(14(20)5-11)24-8-15(23-21)18(9-24)2-3-18/h4-5,12H,2-3,6-9,21H2,1H3,(H,22,26)/t12-/m0/s1. The van der Waals surface area contributed by atoms with E-state index in [1.807, 2.05) is 0 Å². The number of nitrogens with two attached hydrogens (primary N) is 1. The van der Waals surface area contributed by atoms with Crippen molar-refractivity contribution in [3.05, 3.63) is 23.8 Å². The molecule has 0 bridgehead atoms. The fourth-order valence-corrected chi connectivity index (χ4v) is 3.90. The summed E-state index contributed by atoms with van der Waals surface area (Å²) in [5, 5.41) is 6.35. The zero-order valence-electron chi connectivity index (χ0n) is 15.4. The van der Waals surface area contributed by atoms with E-state index >= 15 is 0 Å². The topological polar surface area (TPSA) is 100 Å². The number of carbonyl (C=O) groups excluding carboxylic acids is 2. The van der Waals surface area contributed by atoms with Crippen LogP contribution in [0.15, 0.2) is 17.2 Å². The van der Waals surface area contributed by atoms with Crippen LogP contribution in [0, 0.1) is 17.0 Å². The van der Waals surface area contributed by atoms with Crippen molar-refractivity contribution < 1.29 is 23.1 Å². The lowest BCUT2D eigenvalue weighted by Crippen LogP contribution is -2.33. The molecule has 1 saturated carbocycles. The van der Waals surface area contributed by atoms with Crippen molar-refractivity contribution >= 4 is 29.1 Å². The Morgan fingerprint density at radius 2 is 2.07 bits per heavy atom. The first-order valence-electron chi connectivity index (χ1n) is 9.07. The maximum Gasteiger partial charge on any atom is 0.414 e. The first kappa shape index (κ1) is 18.5. The van der Waals surface area contributed by atoms with Crippen molar-refractivity contribution in [2.45, 2.75) is 25.9 Å². The van der Waals surface area contributed by atoms with Gasteiger partial charge in [0, 0.05) is 31.0 Å². The minimum atomic E-state index is -0.762. The number of nitrogens with zero attached hydrogens (tertiary/aromatic N) is 3. The number of hydrogen-bond donors (Lipinski definition) is 2. The number of benzene rings is 1. The van der Waals surface area contributed by atoms with E-state index in [9.17, 15) is 18.4 Å². The van der Waals surface area contributed by atoms with Crippen molar-refractivity contribution in [1.29, 1.82) is 0 Å². The summed E-state index contributed by atoms with van der Waals surface area (Å²) in [4.78, 5) is 25.8. The number of ether oxygens (including phenoxy) is 1. The molecule has 2 saturated heterocycles. The molecule has 2 heterocycles. The van der Waals surface area contributed by atoms with E-state index in [4.69, 9.17) is 10.6 Å². The molecule has 1 spiro atoms. The predicted molar refractivity (Wildman–Crippen MR) is 98.2 cm³/mol. The average Bonchev–Trinajstić information content (AvgIpc) is 3.16. The Hall–Kier alpha value is -2.91. The number of hydrazone groups is 1. The van der Waals surface area contributed by atoms with Crippen molar-refractivity contribution in [1.82, 2.24) is 5.32 Å². The number of cyclic esters (lactones) is 1. The van der Waals surface area contributed by atoms with Crippen LogP contribution < -0.4 is 21.0 Å². The third-order valence-electron chi connectivity index (χ3n) is 5.54. The normalized spacial score (nSPS) is 24.2. The molecular formula is C18H21F2N5O3. The fraction of sp³-hybridized carbons (Fsp3) is 0.500. The van der Waals surface area contributed by atoms with Crippen LogP contribution in [0.2, 0.25) is 0 Å². The molecule has 1 atom stereocenters. The van der Waals surface area contributed by atoms with Crippen molar-refractivity contribution in [3.8, 4) is 0 Å². The highest BCUT2D eigenvalue weighted by Gasteiger charge is 2.54. The number of nitrogens with one attached hydrogen (secondary N) is 1. The lowest BCUT2D eigenvalue weighted by Gasteiger charge is -2.21. The van der Waals surface area contributed by atoms with Gasteiger partial charge in [-0.1, -0.05) is 0 Å². The number of halogens is 2. The van der Waals surface area contributed by atoms with E-state index in [0.717, 1.165) is 35.6 Å². The third kappa shape index (κ3) is 3.12. The summed E-state index contributed by atoms with van der Waals surface area (Å²) in [6, 6.07) is 2.25. The van der Waals surface area contributed by atoms with E-state index in [0.29, 0.717) is 6.54 Å². The van der Waals surface area contributed by atoms with Gasteiger partial charge in [0.05, 0.1) is 31.0 Å². The molecule has 2 aliphatic heterocycles. The second kappa shape index (κ2) is 6.61. The number of anilines is 2. The van der Waals surface area contributed by atoms with Crippen LogP contribution >= 0.6 is 0 Å². The summed E-state index contributed by atoms with van der Waals surface area (Å²) in [6.07, 6.45) is 0.531. The Morgan fingerprint density at radius 3 is 2.61 bits per heavy atom. The van der Waals surface area contributed by atoms with Gasteiger partial charge in [-0.2, -0.15) is 5.10 Å². The van der Waals surface area contributed by atoms with Crippen LogP contribution in [0.25, 0.3) is 0 Å². The highest BCUT2D eigenvalue weighted by atomic mass is 19.1. The first-order valence-corrected chi connectivity index (χ1v) is 9.07. The second-order valence-electron chi connectivity index (χ2n) is 7.52. The second-order valence-corrected chi connectivity index (χ2v) is 7.52. The molecule has 3 aliphatic rings. The molecule has 8 nitrogen and oxygen atoms in total. The zero-order chi connectivity index (χ0) is 20.1. The smallest absolute Gasteiger partial charge is 0.414 e. The van der Waals surface area contributed by atoms with Crippen molar-refractivity contribution in [2.75, 3.05) is 36.0 Å². The van der Waals surface area contributed by atoms with Crippen LogP contribution in [0.1, 0.15) is 19.8 Å². The Balaban J connectivity index is 1.54. The van der Waals surface area contributed by atoms with Gasteiger partial charge >= 0.3 is 6.09 Å². The van der Waals surface area contributed by atoms with Crippen LogP contribution in [0.4, 0.5) is 25.0 Å². The summed E-state index contributed by atoms with van der Waals surface area (Å²) in [7, 11) is 0. The number of rotatable bonds is 4. The molecule has 28 heavy (non-hydrogen) atoms. The Labute approximate surface area is 160 Å². The highest BCUT2D eigenvalue weighted by Crippen LogP contribution is 2.52. The quantitative estimate of drug-likeness (QED) is 0.594. The third-order valence-corrected chi connectivity index (χ3v) is 5.54.